The predicted molar refractivity (Wildman–Crippen MR) is 199 cm³/mol. The van der Waals surface area contributed by atoms with E-state index in [9.17, 15) is 0 Å². The molecular weight excluding hydrogens is 556 g/mol. The smallest absolute Gasteiger partial charge is 0.0464 e. The van der Waals surface area contributed by atoms with Crippen LogP contribution < -0.4 is 9.80 Å². The van der Waals surface area contributed by atoms with Gasteiger partial charge in [-0.2, -0.15) is 0 Å². The second kappa shape index (κ2) is 13.3. The summed E-state index contributed by atoms with van der Waals surface area (Å²) in [6.45, 7) is 11.0. The number of rotatable bonds is 8. The summed E-state index contributed by atoms with van der Waals surface area (Å²) in [6, 6.07) is 54.4. The zero-order valence-electron chi connectivity index (χ0n) is 27.5. The Morgan fingerprint density at radius 1 is 0.391 bits per heavy atom. The fourth-order valence-corrected chi connectivity index (χ4v) is 5.78. The van der Waals surface area contributed by atoms with Crippen molar-refractivity contribution in [2.75, 3.05) is 9.80 Å². The highest BCUT2D eigenvalue weighted by Crippen LogP contribution is 2.37. The minimum absolute atomic E-state index is 0.117. The molecule has 0 fully saturated rings. The first-order chi connectivity index (χ1) is 22.2. The lowest BCUT2D eigenvalue weighted by molar-refractivity contribution is 0.590. The van der Waals surface area contributed by atoms with E-state index in [2.05, 4.69) is 208 Å². The Balaban J connectivity index is 1.24. The average molecular weight is 599 g/mol. The van der Waals surface area contributed by atoms with E-state index >= 15 is 0 Å². The molecular formula is C44H42N2. The molecule has 0 saturated carbocycles. The normalized spacial score (nSPS) is 11.5. The van der Waals surface area contributed by atoms with Crippen LogP contribution in [0.4, 0.5) is 34.1 Å². The van der Waals surface area contributed by atoms with Gasteiger partial charge in [0.25, 0.3) is 0 Å². The molecule has 0 amide bonds. The van der Waals surface area contributed by atoms with Crippen molar-refractivity contribution in [1.29, 1.82) is 0 Å². The monoisotopic (exact) mass is 598 g/mol. The van der Waals surface area contributed by atoms with Crippen LogP contribution in [-0.2, 0) is 5.41 Å². The van der Waals surface area contributed by atoms with Gasteiger partial charge in [-0.15, -0.1) is 0 Å². The van der Waals surface area contributed by atoms with Crippen molar-refractivity contribution in [3.05, 3.63) is 179 Å². The lowest BCUT2D eigenvalue weighted by atomic mass is 9.87. The summed E-state index contributed by atoms with van der Waals surface area (Å²) in [5.74, 6) is 0. The maximum atomic E-state index is 2.32. The summed E-state index contributed by atoms with van der Waals surface area (Å²) < 4.78 is 0. The standard InChI is InChI=1S/C44H42N2/c1-33-11-9-15-42(31-33)46(43-16-10-12-34(2)32-43)40-27-21-36(22-28-40)18-17-35-19-25-39(26-20-35)45(38-13-7-6-8-14-38)41-29-23-37(24-30-41)44(3,4)5/h6-32H,1-5H3/b18-17+. The second-order valence-electron chi connectivity index (χ2n) is 13.0. The molecule has 0 aliphatic carbocycles. The molecule has 2 nitrogen and oxygen atoms in total. The van der Waals surface area contributed by atoms with Gasteiger partial charge in [0, 0.05) is 34.1 Å². The number of nitrogens with zero attached hydrogens (tertiary/aromatic N) is 2. The molecule has 0 aromatic heterocycles. The maximum absolute atomic E-state index is 2.32. The summed E-state index contributed by atoms with van der Waals surface area (Å²) in [6.07, 6.45) is 4.37. The van der Waals surface area contributed by atoms with E-state index in [1.165, 1.54) is 16.7 Å². The van der Waals surface area contributed by atoms with E-state index in [1.54, 1.807) is 0 Å². The number of aryl methyl sites for hydroxylation is 2. The molecule has 0 aliphatic rings. The molecule has 46 heavy (non-hydrogen) atoms. The van der Waals surface area contributed by atoms with Crippen LogP contribution in [0.1, 0.15) is 48.6 Å². The van der Waals surface area contributed by atoms with E-state index in [0.29, 0.717) is 0 Å². The van der Waals surface area contributed by atoms with E-state index < -0.39 is 0 Å². The third-order valence-electron chi connectivity index (χ3n) is 8.30. The van der Waals surface area contributed by atoms with Gasteiger partial charge in [0.2, 0.25) is 0 Å². The highest BCUT2D eigenvalue weighted by molar-refractivity contribution is 5.80. The van der Waals surface area contributed by atoms with Gasteiger partial charge in [0.05, 0.1) is 0 Å². The molecule has 6 aromatic carbocycles. The Morgan fingerprint density at radius 3 is 1.17 bits per heavy atom. The van der Waals surface area contributed by atoms with E-state index in [4.69, 9.17) is 0 Å². The molecule has 228 valence electrons. The van der Waals surface area contributed by atoms with Crippen molar-refractivity contribution in [1.82, 2.24) is 0 Å². The third kappa shape index (κ3) is 7.14. The Morgan fingerprint density at radius 2 is 0.761 bits per heavy atom. The summed E-state index contributed by atoms with van der Waals surface area (Å²) in [5.41, 5.74) is 13.1. The maximum Gasteiger partial charge on any atom is 0.0464 e. The van der Waals surface area contributed by atoms with E-state index in [0.717, 1.165) is 45.3 Å². The summed E-state index contributed by atoms with van der Waals surface area (Å²) in [7, 11) is 0. The second-order valence-corrected chi connectivity index (χ2v) is 13.0. The Bertz CT molecular complexity index is 1870. The van der Waals surface area contributed by atoms with Crippen LogP contribution >= 0.6 is 0 Å². The van der Waals surface area contributed by atoms with Crippen LogP contribution in [0.3, 0.4) is 0 Å². The number of hydrogen-bond donors (Lipinski definition) is 0. The van der Waals surface area contributed by atoms with Gasteiger partial charge < -0.3 is 9.80 Å². The van der Waals surface area contributed by atoms with Gasteiger partial charge in [-0.3, -0.25) is 0 Å². The van der Waals surface area contributed by atoms with Gasteiger partial charge in [0.1, 0.15) is 0 Å². The Hall–Kier alpha value is -5.34. The molecule has 0 bridgehead atoms. The van der Waals surface area contributed by atoms with Crippen LogP contribution in [0, 0.1) is 13.8 Å². The van der Waals surface area contributed by atoms with Crippen molar-refractivity contribution < 1.29 is 0 Å². The minimum Gasteiger partial charge on any atom is -0.311 e. The molecule has 6 aromatic rings. The first-order valence-electron chi connectivity index (χ1n) is 16.0. The molecule has 6 rings (SSSR count). The Kier molecular flexibility index (Phi) is 8.90. The zero-order valence-corrected chi connectivity index (χ0v) is 27.5. The van der Waals surface area contributed by atoms with Crippen LogP contribution in [-0.4, -0.2) is 0 Å². The molecule has 0 atom stereocenters. The van der Waals surface area contributed by atoms with Crippen LogP contribution in [0.15, 0.2) is 152 Å². The number of anilines is 6. The minimum atomic E-state index is 0.117. The molecule has 0 spiro atoms. The fourth-order valence-electron chi connectivity index (χ4n) is 5.78. The lowest BCUT2D eigenvalue weighted by Gasteiger charge is -2.27. The highest BCUT2D eigenvalue weighted by atomic mass is 15.1. The van der Waals surface area contributed by atoms with Crippen LogP contribution in [0.25, 0.3) is 12.2 Å². The SMILES string of the molecule is Cc1cccc(N(c2ccc(/C=C/c3ccc(N(c4ccccc4)c4ccc(C(C)(C)C)cc4)cc3)cc2)c2cccc(C)c2)c1. The summed E-state index contributed by atoms with van der Waals surface area (Å²) in [5, 5.41) is 0. The van der Waals surface area contributed by atoms with Gasteiger partial charge in [-0.1, -0.05) is 112 Å². The molecule has 0 saturated heterocycles. The quantitative estimate of drug-likeness (QED) is 0.161. The van der Waals surface area contributed by atoms with Gasteiger partial charge >= 0.3 is 0 Å². The lowest BCUT2D eigenvalue weighted by Crippen LogP contribution is -2.13. The zero-order chi connectivity index (χ0) is 32.1. The molecule has 0 unspecified atom stereocenters. The third-order valence-corrected chi connectivity index (χ3v) is 8.30. The van der Waals surface area contributed by atoms with Gasteiger partial charge in [0.15, 0.2) is 0 Å². The van der Waals surface area contributed by atoms with Gasteiger partial charge in [-0.05, 0) is 120 Å². The molecule has 0 N–H and O–H groups in total. The number of benzene rings is 6. The van der Waals surface area contributed by atoms with Crippen molar-refractivity contribution in [2.24, 2.45) is 0 Å². The van der Waals surface area contributed by atoms with Crippen molar-refractivity contribution >= 4 is 46.3 Å². The largest absolute Gasteiger partial charge is 0.311 e. The first kappa shape index (κ1) is 30.7. The summed E-state index contributed by atoms with van der Waals surface area (Å²) >= 11 is 0. The van der Waals surface area contributed by atoms with Crippen LogP contribution in [0.2, 0.25) is 0 Å². The van der Waals surface area contributed by atoms with Crippen molar-refractivity contribution in [2.45, 2.75) is 40.0 Å². The first-order valence-corrected chi connectivity index (χ1v) is 16.0. The van der Waals surface area contributed by atoms with Crippen molar-refractivity contribution in [3.8, 4) is 0 Å². The van der Waals surface area contributed by atoms with Crippen molar-refractivity contribution in [3.63, 3.8) is 0 Å². The molecule has 0 radical (unpaired) electrons. The summed E-state index contributed by atoms with van der Waals surface area (Å²) in [4.78, 5) is 4.63. The highest BCUT2D eigenvalue weighted by Gasteiger charge is 2.16. The predicted octanol–water partition coefficient (Wildman–Crippen LogP) is 12.7. The topological polar surface area (TPSA) is 6.48 Å². The molecule has 0 heterocycles. The van der Waals surface area contributed by atoms with E-state index in [1.807, 2.05) is 0 Å². The van der Waals surface area contributed by atoms with Gasteiger partial charge in [-0.25, -0.2) is 0 Å². The average Bonchev–Trinajstić information content (AvgIpc) is 3.06. The molecule has 2 heteroatoms. The molecule has 0 aliphatic heterocycles. The number of para-hydroxylation sites is 1. The fraction of sp³-hybridized carbons (Fsp3) is 0.136. The Labute approximate surface area is 274 Å². The number of hydrogen-bond acceptors (Lipinski definition) is 2. The van der Waals surface area contributed by atoms with E-state index in [-0.39, 0.29) is 5.41 Å². The van der Waals surface area contributed by atoms with Crippen LogP contribution in [0.5, 0.6) is 0 Å².